The van der Waals surface area contributed by atoms with Gasteiger partial charge in [0.2, 0.25) is 0 Å². The first-order valence-electron chi connectivity index (χ1n) is 12.0. The topological polar surface area (TPSA) is 44.4 Å². The number of nitrogens with one attached hydrogen (secondary N) is 2. The number of benzene rings is 1. The maximum absolute atomic E-state index is 13.0. The summed E-state index contributed by atoms with van der Waals surface area (Å²) in [5.74, 6) is 0.567. The van der Waals surface area contributed by atoms with Crippen molar-refractivity contribution in [3.8, 4) is 0 Å². The molecule has 2 N–H and O–H groups in total. The molecule has 0 unspecified atom stereocenters. The molecule has 0 bridgehead atoms. The fourth-order valence-corrected chi connectivity index (χ4v) is 4.86. The van der Waals surface area contributed by atoms with E-state index in [0.29, 0.717) is 12.5 Å². The van der Waals surface area contributed by atoms with Crippen LogP contribution in [-0.4, -0.2) is 31.6 Å². The summed E-state index contributed by atoms with van der Waals surface area (Å²) in [6.45, 7) is 10.1. The number of nitrogens with zero attached hydrogens (tertiary/aromatic N) is 1. The molecule has 0 saturated heterocycles. The quantitative estimate of drug-likeness (QED) is 0.518. The maximum atomic E-state index is 13.0. The van der Waals surface area contributed by atoms with Crippen LogP contribution >= 0.6 is 0 Å². The first kappa shape index (κ1) is 24.1. The average molecular weight is 434 g/mol. The van der Waals surface area contributed by atoms with Gasteiger partial charge in [0.05, 0.1) is 5.69 Å². The fraction of sp³-hybridized carbons (Fsp3) is 0.536. The zero-order chi connectivity index (χ0) is 23.3. The Kier molecular flexibility index (Phi) is 7.85. The second-order valence-electron chi connectivity index (χ2n) is 10.2. The van der Waals surface area contributed by atoms with E-state index in [1.807, 2.05) is 6.07 Å². The highest BCUT2D eigenvalue weighted by molar-refractivity contribution is 5.91. The molecule has 1 aliphatic carbocycles. The van der Waals surface area contributed by atoms with Gasteiger partial charge >= 0.3 is 6.03 Å². The Morgan fingerprint density at radius 1 is 1.06 bits per heavy atom. The van der Waals surface area contributed by atoms with E-state index in [1.165, 1.54) is 24.0 Å². The lowest BCUT2D eigenvalue weighted by Gasteiger charge is -2.30. The number of carbonyl (C=O) groups excluding carboxylic acids is 1. The number of amides is 2. The van der Waals surface area contributed by atoms with Crippen LogP contribution in [0.2, 0.25) is 0 Å². The van der Waals surface area contributed by atoms with Crippen LogP contribution in [0.1, 0.15) is 87.5 Å². The van der Waals surface area contributed by atoms with E-state index in [-0.39, 0.29) is 17.4 Å². The zero-order valence-electron chi connectivity index (χ0n) is 20.6. The molecule has 172 valence electrons. The highest BCUT2D eigenvalue weighted by atomic mass is 16.2. The summed E-state index contributed by atoms with van der Waals surface area (Å²) in [5, 5.41) is 6.37. The van der Waals surface area contributed by atoms with Gasteiger partial charge in [0.25, 0.3) is 0 Å². The summed E-state index contributed by atoms with van der Waals surface area (Å²) in [6.07, 6.45) is 4.65. The van der Waals surface area contributed by atoms with Crippen molar-refractivity contribution in [2.45, 2.75) is 77.2 Å². The van der Waals surface area contributed by atoms with Gasteiger partial charge in [-0.05, 0) is 61.5 Å². The second-order valence-corrected chi connectivity index (χ2v) is 10.2. The highest BCUT2D eigenvalue weighted by Crippen LogP contribution is 2.41. The summed E-state index contributed by atoms with van der Waals surface area (Å²) in [5.41, 5.74) is 5.68. The van der Waals surface area contributed by atoms with Gasteiger partial charge in [-0.15, -0.1) is 0 Å². The van der Waals surface area contributed by atoms with Crippen LogP contribution in [0, 0.1) is 12.1 Å². The molecule has 0 radical (unpaired) electrons. The van der Waals surface area contributed by atoms with Gasteiger partial charge in [-0.25, -0.2) is 4.79 Å². The monoisotopic (exact) mass is 433 g/mol. The molecule has 1 aliphatic rings. The molecule has 2 aromatic rings. The molecule has 0 heterocycles. The van der Waals surface area contributed by atoms with Crippen molar-refractivity contribution in [3.63, 3.8) is 0 Å². The van der Waals surface area contributed by atoms with Gasteiger partial charge in [-0.2, -0.15) is 0 Å². The normalized spacial score (nSPS) is 15.3. The van der Waals surface area contributed by atoms with Gasteiger partial charge in [-0.3, -0.25) is 0 Å². The third kappa shape index (κ3) is 5.64. The lowest BCUT2D eigenvalue weighted by Crippen LogP contribution is -2.41. The van der Waals surface area contributed by atoms with Crippen molar-refractivity contribution >= 4 is 11.7 Å². The van der Waals surface area contributed by atoms with E-state index >= 15 is 0 Å². The van der Waals surface area contributed by atoms with Crippen molar-refractivity contribution in [2.75, 3.05) is 26.0 Å². The maximum Gasteiger partial charge on any atom is 0.319 e. The smallest absolute Gasteiger partial charge is 0.319 e. The molecule has 4 heteroatoms. The molecule has 0 atom stereocenters. The van der Waals surface area contributed by atoms with E-state index in [1.54, 1.807) is 0 Å². The van der Waals surface area contributed by atoms with E-state index in [4.69, 9.17) is 0 Å². The van der Waals surface area contributed by atoms with Crippen LogP contribution in [-0.2, 0) is 12.0 Å². The number of hydrogen-bond donors (Lipinski definition) is 2. The van der Waals surface area contributed by atoms with Crippen LogP contribution in [0.25, 0.3) is 0 Å². The summed E-state index contributed by atoms with van der Waals surface area (Å²) in [7, 11) is 4.18. The molecule has 1 saturated carbocycles. The predicted octanol–water partition coefficient (Wildman–Crippen LogP) is 6.23. The van der Waals surface area contributed by atoms with Gasteiger partial charge in [0.15, 0.2) is 0 Å². The Labute approximate surface area is 194 Å². The fourth-order valence-electron chi connectivity index (χ4n) is 4.86. The first-order valence-corrected chi connectivity index (χ1v) is 12.0. The summed E-state index contributed by atoms with van der Waals surface area (Å²) < 4.78 is 0. The SMILES string of the molecule is CC(C)c1c#ccc(C(C)C)c1NC(=O)NCC1(c2ccc(CN(C)C)cc2)CCCC1. The van der Waals surface area contributed by atoms with Gasteiger partial charge < -0.3 is 15.5 Å². The molecule has 0 aliphatic heterocycles. The second kappa shape index (κ2) is 10.4. The molecule has 32 heavy (non-hydrogen) atoms. The van der Waals surface area contributed by atoms with Crippen molar-refractivity contribution in [1.82, 2.24) is 10.2 Å². The van der Waals surface area contributed by atoms with Crippen molar-refractivity contribution in [1.29, 1.82) is 0 Å². The van der Waals surface area contributed by atoms with Gasteiger partial charge in [0.1, 0.15) is 0 Å². The Hall–Kier alpha value is -2.51. The number of hydrogen-bond acceptors (Lipinski definition) is 2. The van der Waals surface area contributed by atoms with Crippen LogP contribution in [0.5, 0.6) is 0 Å². The molecule has 4 nitrogen and oxygen atoms in total. The van der Waals surface area contributed by atoms with E-state index in [0.717, 1.165) is 36.2 Å². The van der Waals surface area contributed by atoms with Crippen LogP contribution in [0.4, 0.5) is 10.5 Å². The van der Waals surface area contributed by atoms with Gasteiger partial charge in [0, 0.05) is 24.1 Å². The Morgan fingerprint density at radius 3 is 2.28 bits per heavy atom. The number of rotatable bonds is 8. The lowest BCUT2D eigenvalue weighted by molar-refractivity contribution is 0.248. The Balaban J connectivity index is 1.74. The number of carbonyl (C=O) groups is 1. The van der Waals surface area contributed by atoms with Crippen molar-refractivity contribution < 1.29 is 4.79 Å². The molecular weight excluding hydrogens is 394 g/mol. The molecule has 2 aromatic carbocycles. The third-order valence-corrected chi connectivity index (χ3v) is 6.64. The zero-order valence-corrected chi connectivity index (χ0v) is 20.6. The lowest BCUT2D eigenvalue weighted by atomic mass is 9.78. The first-order chi connectivity index (χ1) is 15.2. The molecule has 3 rings (SSSR count). The average Bonchev–Trinajstić information content (AvgIpc) is 3.22. The van der Waals surface area contributed by atoms with Crippen LogP contribution in [0.3, 0.4) is 0 Å². The third-order valence-electron chi connectivity index (χ3n) is 6.64. The largest absolute Gasteiger partial charge is 0.337 e. The van der Waals surface area contributed by atoms with Crippen molar-refractivity contribution in [2.24, 2.45) is 0 Å². The minimum absolute atomic E-state index is 0.0202. The van der Waals surface area contributed by atoms with Crippen LogP contribution < -0.4 is 10.6 Å². The molecule has 0 spiro atoms. The molecule has 1 fully saturated rings. The summed E-state index contributed by atoms with van der Waals surface area (Å²) in [4.78, 5) is 15.2. The number of anilines is 1. The minimum atomic E-state index is -0.135. The highest BCUT2D eigenvalue weighted by Gasteiger charge is 2.36. The summed E-state index contributed by atoms with van der Waals surface area (Å²) in [6, 6.07) is 17.1. The molecule has 0 aromatic heterocycles. The van der Waals surface area contributed by atoms with E-state index in [2.05, 4.69) is 93.7 Å². The molecular formula is C28H39N3O. The minimum Gasteiger partial charge on any atom is -0.337 e. The van der Waals surface area contributed by atoms with Crippen LogP contribution in [0.15, 0.2) is 30.3 Å². The standard InChI is InChI=1S/C28H39N3O/c1-20(2)24-10-9-11-25(21(3)4)26(24)30-27(32)29-19-28(16-7-8-17-28)23-14-12-22(13-15-23)18-31(5)6/h10,12-15,20-21H,7-8,16-19H2,1-6H3,(H2,29,30,32). The summed E-state index contributed by atoms with van der Waals surface area (Å²) >= 11 is 0. The molecule has 2 amide bonds. The Bertz CT molecular complexity index is 867. The van der Waals surface area contributed by atoms with Crippen molar-refractivity contribution in [3.05, 3.63) is 64.7 Å². The van der Waals surface area contributed by atoms with Gasteiger partial charge in [-0.1, -0.05) is 76.9 Å². The number of urea groups is 1. The Morgan fingerprint density at radius 2 is 1.72 bits per heavy atom. The predicted molar refractivity (Wildman–Crippen MR) is 133 cm³/mol. The van der Waals surface area contributed by atoms with E-state index in [9.17, 15) is 4.79 Å². The van der Waals surface area contributed by atoms with E-state index < -0.39 is 0 Å².